The van der Waals surface area contributed by atoms with Crippen molar-refractivity contribution < 1.29 is 23.8 Å². The molecule has 0 N–H and O–H groups in total. The number of nitrogens with zero attached hydrogens (tertiary/aromatic N) is 1. The number of piperidine rings is 1. The Morgan fingerprint density at radius 3 is 2.74 bits per heavy atom. The van der Waals surface area contributed by atoms with Gasteiger partial charge in [-0.15, -0.1) is 0 Å². The number of benzene rings is 1. The molecule has 0 radical (unpaired) electrons. The molecule has 0 unspecified atom stereocenters. The molecule has 2 heterocycles. The van der Waals surface area contributed by atoms with Gasteiger partial charge in [-0.1, -0.05) is 18.2 Å². The molecule has 1 aromatic carbocycles. The summed E-state index contributed by atoms with van der Waals surface area (Å²) in [6, 6.07) is 4.61. The van der Waals surface area contributed by atoms with E-state index in [1.807, 2.05) is 6.07 Å². The number of hydrogen-bond donors (Lipinski definition) is 0. The number of carbonyl (C=O) groups is 2. The van der Waals surface area contributed by atoms with Crippen LogP contribution in [0.2, 0.25) is 0 Å². The molecule has 4 bridgehead atoms. The Kier molecular flexibility index (Phi) is 4.53. The highest BCUT2D eigenvalue weighted by atomic mass is 16.6. The van der Waals surface area contributed by atoms with Crippen molar-refractivity contribution in [2.45, 2.75) is 75.5 Å². The van der Waals surface area contributed by atoms with E-state index in [1.165, 1.54) is 24.0 Å². The molecule has 2 aliphatic heterocycles. The van der Waals surface area contributed by atoms with Crippen LogP contribution in [0.5, 0.6) is 11.5 Å². The summed E-state index contributed by atoms with van der Waals surface area (Å²) in [6.07, 6.45) is 10.2. The van der Waals surface area contributed by atoms with E-state index in [0.29, 0.717) is 24.8 Å². The first-order valence-corrected chi connectivity index (χ1v) is 13.3. The first-order chi connectivity index (χ1) is 16.9. The lowest BCUT2D eigenvalue weighted by Gasteiger charge is -2.71. The fourth-order valence-corrected chi connectivity index (χ4v) is 8.65. The van der Waals surface area contributed by atoms with Crippen molar-refractivity contribution in [3.63, 3.8) is 0 Å². The maximum Gasteiger partial charge on any atom is 0.166 e. The number of methoxy groups -OCH3 is 1. The topological polar surface area (TPSA) is 65.1 Å². The molecule has 1 saturated heterocycles. The summed E-state index contributed by atoms with van der Waals surface area (Å²) in [6.45, 7) is 5.86. The van der Waals surface area contributed by atoms with Gasteiger partial charge in [0.25, 0.3) is 0 Å². The second kappa shape index (κ2) is 7.19. The van der Waals surface area contributed by atoms with Crippen LogP contribution in [0.25, 0.3) is 0 Å². The molecule has 0 aromatic heterocycles. The molecule has 186 valence electrons. The minimum absolute atomic E-state index is 0.113. The molecule has 5 aliphatic carbocycles. The van der Waals surface area contributed by atoms with E-state index in [4.69, 9.17) is 14.2 Å². The highest BCUT2D eigenvalue weighted by Crippen LogP contribution is 2.74. The van der Waals surface area contributed by atoms with Crippen molar-refractivity contribution in [1.29, 1.82) is 0 Å². The summed E-state index contributed by atoms with van der Waals surface area (Å²) in [4.78, 5) is 27.4. The van der Waals surface area contributed by atoms with E-state index in [9.17, 15) is 9.59 Å². The molecular formula is C29H35NO5. The van der Waals surface area contributed by atoms with Crippen LogP contribution in [0.1, 0.15) is 57.1 Å². The molecule has 2 spiro atoms. The fraction of sp³-hybridized carbons (Fsp3) is 0.655. The zero-order valence-electron chi connectivity index (χ0n) is 21.0. The Balaban J connectivity index is 1.41. The monoisotopic (exact) mass is 477 g/mol. The highest BCUT2D eigenvalue weighted by Gasteiger charge is 2.79. The number of hydrogen-bond acceptors (Lipinski definition) is 6. The number of likely N-dealkylation sites (tertiary alicyclic amines) is 1. The maximum absolute atomic E-state index is 13.1. The van der Waals surface area contributed by atoms with Gasteiger partial charge in [-0.25, -0.2) is 0 Å². The molecule has 35 heavy (non-hydrogen) atoms. The summed E-state index contributed by atoms with van der Waals surface area (Å²) in [5, 5.41) is 0. The predicted octanol–water partition coefficient (Wildman–Crippen LogP) is 3.63. The molecule has 7 aliphatic rings. The molecule has 2 saturated carbocycles. The Hall–Kier alpha value is -2.18. The lowest BCUT2D eigenvalue weighted by Crippen LogP contribution is -2.79. The third kappa shape index (κ3) is 2.63. The van der Waals surface area contributed by atoms with Gasteiger partial charge >= 0.3 is 0 Å². The molecule has 6 nitrogen and oxygen atoms in total. The van der Waals surface area contributed by atoms with Crippen molar-refractivity contribution in [2.75, 3.05) is 26.8 Å². The van der Waals surface area contributed by atoms with Crippen LogP contribution in [-0.4, -0.2) is 61.0 Å². The van der Waals surface area contributed by atoms with Crippen molar-refractivity contribution in [3.05, 3.63) is 35.4 Å². The molecule has 8 rings (SSSR count). The second-order valence-corrected chi connectivity index (χ2v) is 11.9. The molecule has 1 aromatic rings. The summed E-state index contributed by atoms with van der Waals surface area (Å²) >= 11 is 0. The zero-order valence-corrected chi connectivity index (χ0v) is 21.0. The van der Waals surface area contributed by atoms with Crippen LogP contribution in [0.3, 0.4) is 0 Å². The van der Waals surface area contributed by atoms with Gasteiger partial charge in [0.2, 0.25) is 0 Å². The van der Waals surface area contributed by atoms with E-state index in [-0.39, 0.29) is 34.4 Å². The minimum Gasteiger partial charge on any atom is -0.489 e. The Bertz CT molecular complexity index is 1160. The zero-order chi connectivity index (χ0) is 24.2. The molecule has 0 amide bonds. The quantitative estimate of drug-likeness (QED) is 0.533. The van der Waals surface area contributed by atoms with Crippen LogP contribution in [-0.2, 0) is 26.2 Å². The van der Waals surface area contributed by atoms with Gasteiger partial charge in [0.15, 0.2) is 11.5 Å². The number of rotatable bonds is 8. The Morgan fingerprint density at radius 2 is 2.03 bits per heavy atom. The average Bonchev–Trinajstić information content (AvgIpc) is 3.58. The fourth-order valence-electron chi connectivity index (χ4n) is 8.65. The largest absolute Gasteiger partial charge is 0.489 e. The molecule has 3 fully saturated rings. The predicted molar refractivity (Wildman–Crippen MR) is 130 cm³/mol. The summed E-state index contributed by atoms with van der Waals surface area (Å²) in [5.41, 5.74) is 1.48. The SMILES string of the molecule is CO[C@]12C=C[C@@]3(C[C@@H]1C(C)=O)[C@H]1Cc4ccc(OCCC(C)=O)c5c4[C@@]3(CCN1CC1CC1)[C@H]2O5. The Labute approximate surface area is 207 Å². The first kappa shape index (κ1) is 22.1. The maximum atomic E-state index is 13.1. The number of ether oxygens (including phenoxy) is 3. The summed E-state index contributed by atoms with van der Waals surface area (Å²) in [5.74, 6) is 2.43. The van der Waals surface area contributed by atoms with Crippen LogP contribution in [0.15, 0.2) is 24.3 Å². The lowest BCUT2D eigenvalue weighted by atomic mass is 9.37. The Morgan fingerprint density at radius 1 is 1.20 bits per heavy atom. The average molecular weight is 478 g/mol. The normalized spacial score (nSPS) is 39.8. The van der Waals surface area contributed by atoms with Crippen LogP contribution < -0.4 is 9.47 Å². The van der Waals surface area contributed by atoms with Crippen molar-refractivity contribution in [2.24, 2.45) is 17.3 Å². The van der Waals surface area contributed by atoms with Crippen LogP contribution >= 0.6 is 0 Å². The van der Waals surface area contributed by atoms with E-state index in [0.717, 1.165) is 44.0 Å². The van der Waals surface area contributed by atoms with Gasteiger partial charge in [0, 0.05) is 37.1 Å². The molecular weight excluding hydrogens is 442 g/mol. The van der Waals surface area contributed by atoms with E-state index >= 15 is 0 Å². The van der Waals surface area contributed by atoms with Crippen molar-refractivity contribution in [3.8, 4) is 11.5 Å². The summed E-state index contributed by atoms with van der Waals surface area (Å²) in [7, 11) is 1.73. The minimum atomic E-state index is -0.777. The third-order valence-corrected chi connectivity index (χ3v) is 10.3. The van der Waals surface area contributed by atoms with Crippen molar-refractivity contribution in [1.82, 2.24) is 4.90 Å². The number of ketones is 2. The van der Waals surface area contributed by atoms with Gasteiger partial charge in [-0.3, -0.25) is 14.5 Å². The van der Waals surface area contributed by atoms with E-state index in [2.05, 4.69) is 23.1 Å². The second-order valence-electron chi connectivity index (χ2n) is 11.9. The van der Waals surface area contributed by atoms with Gasteiger partial charge in [0.1, 0.15) is 23.3 Å². The number of fused-ring (bicyclic) bond motifs is 1. The van der Waals surface area contributed by atoms with Crippen LogP contribution in [0.4, 0.5) is 0 Å². The van der Waals surface area contributed by atoms with Crippen molar-refractivity contribution >= 4 is 11.6 Å². The van der Waals surface area contributed by atoms with Gasteiger partial charge in [-0.2, -0.15) is 0 Å². The summed E-state index contributed by atoms with van der Waals surface area (Å²) < 4.78 is 19.4. The molecule has 6 atom stereocenters. The number of carbonyl (C=O) groups excluding carboxylic acids is 2. The van der Waals surface area contributed by atoms with Crippen LogP contribution in [0, 0.1) is 17.3 Å². The third-order valence-electron chi connectivity index (χ3n) is 10.3. The first-order valence-electron chi connectivity index (χ1n) is 13.3. The van der Waals surface area contributed by atoms with E-state index in [1.54, 1.807) is 21.0 Å². The highest BCUT2D eigenvalue weighted by molar-refractivity contribution is 5.82. The van der Waals surface area contributed by atoms with Gasteiger partial charge in [-0.05, 0) is 70.0 Å². The number of Topliss-reactive ketones (excluding diaryl/α,β-unsaturated/α-hetero) is 2. The standard InChI is InChI=1S/C29H35NO5/c1-17(31)8-13-34-22-7-6-20-14-23-27-9-10-29(33-3,21(15-27)18(2)32)26-28(27,24(20)25(22)35-26)11-12-30(23)16-19-4-5-19/h6-7,9-10,19,21,23,26H,4-5,8,11-16H2,1-3H3/t21-,23-,26-,27-,28+,29-/m1/s1. The smallest absolute Gasteiger partial charge is 0.166 e. The van der Waals surface area contributed by atoms with Gasteiger partial charge in [0.05, 0.1) is 17.9 Å². The lowest BCUT2D eigenvalue weighted by molar-refractivity contribution is -0.214. The molecule has 6 heteroatoms. The van der Waals surface area contributed by atoms with Gasteiger partial charge < -0.3 is 14.2 Å². The van der Waals surface area contributed by atoms with E-state index < -0.39 is 5.60 Å².